The van der Waals surface area contributed by atoms with E-state index in [1.165, 1.54) is 11.0 Å². The Morgan fingerprint density at radius 2 is 2.19 bits per heavy atom. The van der Waals surface area contributed by atoms with E-state index in [4.69, 9.17) is 20.0 Å². The Kier molecular flexibility index (Phi) is 7.05. The standard InChI is InChI=1S/C24H24FN7O5/c25-20-9-16(32-13-18(36-24(32)34)12-31-8-7-28-30-31)2-3-19(20)15-1-4-21(27-11-15)22-10-17(37-29-22)14-35-23(33)5-6-26/h1-4,7-11,17-18,29H,5-6,12-14,26H2/t17-,18-/m0/s1. The fourth-order valence-electron chi connectivity index (χ4n) is 3.96. The number of cyclic esters (lactones) is 1. The van der Waals surface area contributed by atoms with Gasteiger partial charge in [0.2, 0.25) is 0 Å². The second-order valence-electron chi connectivity index (χ2n) is 8.40. The highest BCUT2D eigenvalue weighted by molar-refractivity contribution is 5.90. The van der Waals surface area contributed by atoms with Crippen molar-refractivity contribution >= 4 is 23.4 Å². The first-order valence-corrected chi connectivity index (χ1v) is 11.6. The van der Waals surface area contributed by atoms with Crippen LogP contribution in [0.4, 0.5) is 14.9 Å². The number of hydrogen-bond acceptors (Lipinski definition) is 10. The van der Waals surface area contributed by atoms with Gasteiger partial charge in [0.15, 0.2) is 0 Å². The van der Waals surface area contributed by atoms with Crippen LogP contribution < -0.4 is 16.1 Å². The van der Waals surface area contributed by atoms with Gasteiger partial charge < -0.3 is 15.2 Å². The molecule has 1 fully saturated rings. The summed E-state index contributed by atoms with van der Waals surface area (Å²) in [5.74, 6) is -0.892. The number of benzene rings is 1. The van der Waals surface area contributed by atoms with Crippen molar-refractivity contribution in [3.05, 3.63) is 66.5 Å². The largest absolute Gasteiger partial charge is 0.462 e. The van der Waals surface area contributed by atoms with Crippen LogP contribution in [0.5, 0.6) is 0 Å². The molecule has 12 nitrogen and oxygen atoms in total. The topological polar surface area (TPSA) is 147 Å². The molecule has 192 valence electrons. The highest BCUT2D eigenvalue weighted by Crippen LogP contribution is 2.30. The lowest BCUT2D eigenvalue weighted by Crippen LogP contribution is -2.26. The van der Waals surface area contributed by atoms with Crippen molar-refractivity contribution in [3.8, 4) is 11.1 Å². The van der Waals surface area contributed by atoms with Gasteiger partial charge in [0.1, 0.15) is 24.6 Å². The Morgan fingerprint density at radius 3 is 2.92 bits per heavy atom. The zero-order valence-electron chi connectivity index (χ0n) is 19.6. The number of halogens is 1. The summed E-state index contributed by atoms with van der Waals surface area (Å²) in [6, 6.07) is 8.02. The first kappa shape index (κ1) is 24.3. The SMILES string of the molecule is NCCC(=O)OC[C@@H]1C=C(c2ccc(-c3ccc(N4C[C@H](Cn5ccnn5)OC4=O)cc3F)cn2)NO1. The molecule has 0 unspecified atom stereocenters. The van der Waals surface area contributed by atoms with Crippen molar-refractivity contribution in [2.75, 3.05) is 24.6 Å². The summed E-state index contributed by atoms with van der Waals surface area (Å²) in [6.45, 7) is 0.901. The van der Waals surface area contributed by atoms with Crippen LogP contribution in [-0.2, 0) is 25.7 Å². The molecule has 2 aromatic heterocycles. The van der Waals surface area contributed by atoms with Gasteiger partial charge in [-0.25, -0.2) is 13.9 Å². The second kappa shape index (κ2) is 10.7. The molecule has 5 rings (SSSR count). The number of aromatic nitrogens is 4. The predicted octanol–water partition coefficient (Wildman–Crippen LogP) is 1.64. The number of esters is 1. The summed E-state index contributed by atoms with van der Waals surface area (Å²) in [6.07, 6.45) is 5.22. The van der Waals surface area contributed by atoms with Crippen LogP contribution in [0.15, 0.2) is 55.0 Å². The van der Waals surface area contributed by atoms with Gasteiger partial charge in [0.05, 0.1) is 42.8 Å². The van der Waals surface area contributed by atoms with E-state index >= 15 is 4.39 Å². The van der Waals surface area contributed by atoms with Crippen LogP contribution in [-0.4, -0.2) is 63.9 Å². The molecule has 2 aliphatic rings. The van der Waals surface area contributed by atoms with E-state index in [1.54, 1.807) is 53.6 Å². The highest BCUT2D eigenvalue weighted by Gasteiger charge is 2.33. The van der Waals surface area contributed by atoms with Crippen LogP contribution in [0.1, 0.15) is 12.1 Å². The van der Waals surface area contributed by atoms with Gasteiger partial charge >= 0.3 is 12.1 Å². The molecule has 0 aliphatic carbocycles. The van der Waals surface area contributed by atoms with Crippen LogP contribution in [0.3, 0.4) is 0 Å². The highest BCUT2D eigenvalue weighted by atomic mass is 19.1. The third-order valence-electron chi connectivity index (χ3n) is 5.78. The van der Waals surface area contributed by atoms with E-state index in [-0.39, 0.29) is 26.1 Å². The van der Waals surface area contributed by atoms with Gasteiger partial charge in [-0.2, -0.15) is 0 Å². The minimum absolute atomic E-state index is 0.0523. The molecule has 2 aliphatic heterocycles. The van der Waals surface area contributed by atoms with Crippen molar-refractivity contribution in [2.45, 2.75) is 25.2 Å². The average Bonchev–Trinajstić information content (AvgIpc) is 3.65. The first-order valence-electron chi connectivity index (χ1n) is 11.6. The lowest BCUT2D eigenvalue weighted by Gasteiger charge is -2.14. The fourth-order valence-corrected chi connectivity index (χ4v) is 3.96. The quantitative estimate of drug-likeness (QED) is 0.408. The Bertz CT molecular complexity index is 1300. The number of carbonyl (C=O) groups is 2. The Labute approximate surface area is 210 Å². The molecule has 3 aromatic rings. The molecule has 3 N–H and O–H groups in total. The van der Waals surface area contributed by atoms with Crippen molar-refractivity contribution in [1.29, 1.82) is 0 Å². The van der Waals surface area contributed by atoms with Gasteiger partial charge in [-0.15, -0.1) is 5.10 Å². The van der Waals surface area contributed by atoms with Gasteiger partial charge in [0, 0.05) is 30.1 Å². The van der Waals surface area contributed by atoms with Gasteiger partial charge in [-0.3, -0.25) is 25.0 Å². The van der Waals surface area contributed by atoms with E-state index in [1.807, 2.05) is 0 Å². The summed E-state index contributed by atoms with van der Waals surface area (Å²) in [5, 5.41) is 7.60. The smallest absolute Gasteiger partial charge is 0.414 e. The number of nitrogens with one attached hydrogen (secondary N) is 1. The van der Waals surface area contributed by atoms with Crippen molar-refractivity contribution < 1.29 is 28.3 Å². The Hall–Kier alpha value is -4.36. The van der Waals surface area contributed by atoms with Gasteiger partial charge in [0.25, 0.3) is 0 Å². The lowest BCUT2D eigenvalue weighted by atomic mass is 10.1. The van der Waals surface area contributed by atoms with Gasteiger partial charge in [-0.05, 0) is 30.3 Å². The molecule has 0 radical (unpaired) electrons. The molecular weight excluding hydrogens is 485 g/mol. The van der Waals surface area contributed by atoms with Crippen LogP contribution >= 0.6 is 0 Å². The summed E-state index contributed by atoms with van der Waals surface area (Å²) >= 11 is 0. The molecule has 13 heteroatoms. The van der Waals surface area contributed by atoms with Crippen molar-refractivity contribution in [1.82, 2.24) is 25.5 Å². The maximum absolute atomic E-state index is 15.1. The van der Waals surface area contributed by atoms with E-state index < -0.39 is 30.1 Å². The molecule has 1 aromatic carbocycles. The fraction of sp³-hybridized carbons (Fsp3) is 0.292. The predicted molar refractivity (Wildman–Crippen MR) is 128 cm³/mol. The zero-order chi connectivity index (χ0) is 25.8. The monoisotopic (exact) mass is 509 g/mol. The van der Waals surface area contributed by atoms with E-state index in [9.17, 15) is 9.59 Å². The summed E-state index contributed by atoms with van der Waals surface area (Å²) < 4.78 is 27.1. The third kappa shape index (κ3) is 5.57. The van der Waals surface area contributed by atoms with Crippen LogP contribution in [0, 0.1) is 5.82 Å². The van der Waals surface area contributed by atoms with Gasteiger partial charge in [-0.1, -0.05) is 11.3 Å². The molecule has 1 saturated heterocycles. The zero-order valence-corrected chi connectivity index (χ0v) is 19.6. The average molecular weight is 509 g/mol. The van der Waals surface area contributed by atoms with E-state index in [0.717, 1.165) is 0 Å². The molecule has 0 bridgehead atoms. The minimum atomic E-state index is -0.546. The number of hydrogen-bond donors (Lipinski definition) is 2. The van der Waals surface area contributed by atoms with Crippen LogP contribution in [0.25, 0.3) is 16.8 Å². The van der Waals surface area contributed by atoms with Crippen molar-refractivity contribution in [3.63, 3.8) is 0 Å². The van der Waals surface area contributed by atoms with Crippen LogP contribution in [0.2, 0.25) is 0 Å². The Morgan fingerprint density at radius 1 is 1.30 bits per heavy atom. The number of amides is 1. The van der Waals surface area contributed by atoms with E-state index in [2.05, 4.69) is 20.8 Å². The number of ether oxygens (including phenoxy) is 2. The summed E-state index contributed by atoms with van der Waals surface area (Å²) in [5.41, 5.74) is 10.6. The molecule has 37 heavy (non-hydrogen) atoms. The maximum Gasteiger partial charge on any atom is 0.414 e. The molecular formula is C24H24FN7O5. The number of rotatable bonds is 9. The first-order chi connectivity index (χ1) is 18.0. The lowest BCUT2D eigenvalue weighted by molar-refractivity contribution is -0.147. The Balaban J connectivity index is 1.23. The second-order valence-corrected chi connectivity index (χ2v) is 8.40. The summed E-state index contributed by atoms with van der Waals surface area (Å²) in [4.78, 5) is 35.0. The van der Waals surface area contributed by atoms with Crippen molar-refractivity contribution in [2.24, 2.45) is 5.73 Å². The number of nitrogens with two attached hydrogens (primary N) is 1. The maximum atomic E-state index is 15.1. The molecule has 0 spiro atoms. The number of nitrogens with zero attached hydrogens (tertiary/aromatic N) is 5. The molecule has 1 amide bonds. The molecule has 4 heterocycles. The van der Waals surface area contributed by atoms with E-state index in [0.29, 0.717) is 34.8 Å². The number of pyridine rings is 1. The third-order valence-corrected chi connectivity index (χ3v) is 5.78. The summed E-state index contributed by atoms with van der Waals surface area (Å²) in [7, 11) is 0. The normalized spacial score (nSPS) is 18.9. The number of hydroxylamine groups is 1. The number of anilines is 1. The molecule has 2 atom stereocenters. The minimum Gasteiger partial charge on any atom is -0.462 e. The number of carbonyl (C=O) groups excluding carboxylic acids is 2. The molecule has 0 saturated carbocycles.